The van der Waals surface area contributed by atoms with Crippen LogP contribution in [-0.2, 0) is 21.2 Å². The van der Waals surface area contributed by atoms with Gasteiger partial charge in [-0.05, 0) is 24.6 Å². The molecule has 2 aromatic rings. The van der Waals surface area contributed by atoms with Gasteiger partial charge >= 0.3 is 0 Å². The topological polar surface area (TPSA) is 114 Å². The lowest BCUT2D eigenvalue weighted by Crippen LogP contribution is -2.51. The molecule has 1 saturated heterocycles. The molecule has 3 rings (SSSR count). The Morgan fingerprint density at radius 3 is 2.46 bits per heavy atom. The Balaban J connectivity index is 1.73. The minimum Gasteiger partial charge on any atom is -0.340 e. The Morgan fingerprint density at radius 1 is 1.14 bits per heavy atom. The fourth-order valence-electron chi connectivity index (χ4n) is 3.19. The summed E-state index contributed by atoms with van der Waals surface area (Å²) in [6, 6.07) is 9.51. The van der Waals surface area contributed by atoms with E-state index in [1.165, 1.54) is 29.4 Å². The molecule has 0 unspecified atom stereocenters. The summed E-state index contributed by atoms with van der Waals surface area (Å²) in [5.74, 6) is -0.127. The molecule has 2 heterocycles. The van der Waals surface area contributed by atoms with E-state index in [0.29, 0.717) is 11.3 Å². The Bertz CT molecular complexity index is 986. The molecule has 0 N–H and O–H groups in total. The van der Waals surface area contributed by atoms with Gasteiger partial charge in [0.25, 0.3) is 5.69 Å². The predicted octanol–water partition coefficient (Wildman–Crippen LogP) is 1.37. The molecule has 1 aliphatic rings. The van der Waals surface area contributed by atoms with E-state index in [4.69, 9.17) is 0 Å². The number of sulfonamides is 1. The van der Waals surface area contributed by atoms with Crippen molar-refractivity contribution in [2.24, 2.45) is 0 Å². The third-order valence-corrected chi connectivity index (χ3v) is 6.73. The lowest BCUT2D eigenvalue weighted by atomic mass is 10.2. The van der Waals surface area contributed by atoms with Crippen LogP contribution in [0.2, 0.25) is 0 Å². The van der Waals surface area contributed by atoms with E-state index in [9.17, 15) is 23.3 Å². The number of nitro groups is 1. The van der Waals surface area contributed by atoms with Crippen molar-refractivity contribution in [3.63, 3.8) is 0 Å². The fraction of sp³-hybridized carbons (Fsp3) is 0.333. The van der Waals surface area contributed by atoms with Crippen molar-refractivity contribution in [2.45, 2.75) is 18.2 Å². The van der Waals surface area contributed by atoms with Gasteiger partial charge in [0.1, 0.15) is 0 Å². The van der Waals surface area contributed by atoms with Gasteiger partial charge in [0.2, 0.25) is 15.9 Å². The molecule has 28 heavy (non-hydrogen) atoms. The number of aromatic nitrogens is 1. The smallest absolute Gasteiger partial charge is 0.289 e. The van der Waals surface area contributed by atoms with E-state index in [1.807, 2.05) is 0 Å². The summed E-state index contributed by atoms with van der Waals surface area (Å²) in [6.07, 6.45) is 1.76. The number of piperazine rings is 1. The van der Waals surface area contributed by atoms with Crippen molar-refractivity contribution in [2.75, 3.05) is 26.2 Å². The lowest BCUT2D eigenvalue weighted by molar-refractivity contribution is -0.387. The van der Waals surface area contributed by atoms with Crippen LogP contribution in [0.4, 0.5) is 5.69 Å². The first-order valence-electron chi connectivity index (χ1n) is 8.72. The average Bonchev–Trinajstić information content (AvgIpc) is 2.68. The van der Waals surface area contributed by atoms with Crippen molar-refractivity contribution in [1.29, 1.82) is 0 Å². The number of hydrogen-bond donors (Lipinski definition) is 0. The van der Waals surface area contributed by atoms with Crippen LogP contribution < -0.4 is 0 Å². The Morgan fingerprint density at radius 2 is 1.86 bits per heavy atom. The van der Waals surface area contributed by atoms with Gasteiger partial charge < -0.3 is 4.90 Å². The second-order valence-corrected chi connectivity index (χ2v) is 8.34. The van der Waals surface area contributed by atoms with Gasteiger partial charge in [-0.25, -0.2) is 8.42 Å². The van der Waals surface area contributed by atoms with Gasteiger partial charge in [-0.3, -0.25) is 19.9 Å². The first-order valence-corrected chi connectivity index (χ1v) is 10.2. The number of nitro benzene ring substituents is 1. The monoisotopic (exact) mass is 404 g/mol. The summed E-state index contributed by atoms with van der Waals surface area (Å²) in [4.78, 5) is 28.4. The van der Waals surface area contributed by atoms with E-state index in [0.717, 1.165) is 0 Å². The SMILES string of the molecule is Cc1cccc([N+](=O)[O-])c1S(=O)(=O)N1CCN(C(=O)Cc2ccccn2)CC1. The van der Waals surface area contributed by atoms with E-state index >= 15 is 0 Å². The number of nitrogens with zero attached hydrogens (tertiary/aromatic N) is 4. The molecule has 1 amide bonds. The summed E-state index contributed by atoms with van der Waals surface area (Å²) < 4.78 is 27.2. The standard InChI is InChI=1S/C18H20N4O5S/c1-14-5-4-7-16(22(24)25)18(14)28(26,27)21-11-9-20(10-12-21)17(23)13-15-6-2-3-8-19-15/h2-8H,9-13H2,1H3. The molecule has 0 atom stereocenters. The zero-order valence-electron chi connectivity index (χ0n) is 15.3. The van der Waals surface area contributed by atoms with Crippen LogP contribution in [0.1, 0.15) is 11.3 Å². The molecular formula is C18H20N4O5S. The molecule has 0 spiro atoms. The summed E-state index contributed by atoms with van der Waals surface area (Å²) in [6.45, 7) is 2.16. The minimum absolute atomic E-state index is 0.0851. The highest BCUT2D eigenvalue weighted by Gasteiger charge is 2.35. The van der Waals surface area contributed by atoms with Gasteiger partial charge in [0.15, 0.2) is 4.90 Å². The number of rotatable bonds is 5. The summed E-state index contributed by atoms with van der Waals surface area (Å²) in [5.41, 5.74) is 0.537. The number of carbonyl (C=O) groups is 1. The highest BCUT2D eigenvalue weighted by molar-refractivity contribution is 7.89. The third kappa shape index (κ3) is 4.02. The number of carbonyl (C=O) groups excluding carboxylic acids is 1. The summed E-state index contributed by atoms with van der Waals surface area (Å²) in [7, 11) is -4.04. The van der Waals surface area contributed by atoms with Crippen LogP contribution >= 0.6 is 0 Å². The molecule has 0 bridgehead atoms. The van der Waals surface area contributed by atoms with Gasteiger partial charge in [-0.1, -0.05) is 18.2 Å². The molecule has 1 aromatic carbocycles. The average molecular weight is 404 g/mol. The van der Waals surface area contributed by atoms with Gasteiger partial charge in [0, 0.05) is 44.1 Å². The second-order valence-electron chi connectivity index (χ2n) is 6.46. The number of aryl methyl sites for hydroxylation is 1. The summed E-state index contributed by atoms with van der Waals surface area (Å²) in [5, 5.41) is 11.3. The Kier molecular flexibility index (Phi) is 5.71. The maximum Gasteiger partial charge on any atom is 0.289 e. The Labute approximate surface area is 162 Å². The van der Waals surface area contributed by atoms with Crippen LogP contribution in [0.15, 0.2) is 47.5 Å². The largest absolute Gasteiger partial charge is 0.340 e. The predicted molar refractivity (Wildman–Crippen MR) is 101 cm³/mol. The first-order chi connectivity index (χ1) is 13.3. The molecule has 9 nitrogen and oxygen atoms in total. The molecule has 148 valence electrons. The van der Waals surface area contributed by atoms with E-state index in [2.05, 4.69) is 4.98 Å². The normalized spacial score (nSPS) is 15.4. The maximum atomic E-state index is 13.0. The molecular weight excluding hydrogens is 384 g/mol. The molecule has 1 fully saturated rings. The zero-order valence-corrected chi connectivity index (χ0v) is 16.1. The van der Waals surface area contributed by atoms with Crippen LogP contribution in [0.25, 0.3) is 0 Å². The van der Waals surface area contributed by atoms with Crippen molar-refractivity contribution in [1.82, 2.24) is 14.2 Å². The van der Waals surface area contributed by atoms with E-state index in [-0.39, 0.29) is 43.4 Å². The van der Waals surface area contributed by atoms with Crippen LogP contribution in [-0.4, -0.2) is 59.6 Å². The van der Waals surface area contributed by atoms with Crippen molar-refractivity contribution < 1.29 is 18.1 Å². The van der Waals surface area contributed by atoms with Crippen molar-refractivity contribution in [3.05, 3.63) is 64.0 Å². The Hall–Kier alpha value is -2.85. The van der Waals surface area contributed by atoms with E-state index < -0.39 is 20.6 Å². The molecule has 1 aliphatic heterocycles. The zero-order chi connectivity index (χ0) is 20.3. The summed E-state index contributed by atoms with van der Waals surface area (Å²) >= 11 is 0. The van der Waals surface area contributed by atoms with Gasteiger partial charge in [-0.2, -0.15) is 4.31 Å². The second kappa shape index (κ2) is 8.03. The number of amides is 1. The molecule has 0 saturated carbocycles. The van der Waals surface area contributed by atoms with Crippen molar-refractivity contribution in [3.8, 4) is 0 Å². The minimum atomic E-state index is -4.04. The number of benzene rings is 1. The van der Waals surface area contributed by atoms with Gasteiger partial charge in [-0.15, -0.1) is 0 Å². The highest BCUT2D eigenvalue weighted by atomic mass is 32.2. The van der Waals surface area contributed by atoms with E-state index in [1.54, 1.807) is 29.3 Å². The number of pyridine rings is 1. The maximum absolute atomic E-state index is 13.0. The lowest BCUT2D eigenvalue weighted by Gasteiger charge is -2.34. The van der Waals surface area contributed by atoms with Crippen LogP contribution in [0.3, 0.4) is 0 Å². The quantitative estimate of drug-likeness (QED) is 0.549. The number of hydrogen-bond acceptors (Lipinski definition) is 6. The van der Waals surface area contributed by atoms with Crippen molar-refractivity contribution >= 4 is 21.6 Å². The van der Waals surface area contributed by atoms with Crippen LogP contribution in [0.5, 0.6) is 0 Å². The molecule has 0 radical (unpaired) electrons. The fourth-order valence-corrected chi connectivity index (χ4v) is 4.98. The van der Waals surface area contributed by atoms with Gasteiger partial charge in [0.05, 0.1) is 11.3 Å². The highest BCUT2D eigenvalue weighted by Crippen LogP contribution is 2.30. The third-order valence-electron chi connectivity index (χ3n) is 4.64. The molecule has 10 heteroatoms. The van der Waals surface area contributed by atoms with Crippen LogP contribution in [0, 0.1) is 17.0 Å². The molecule has 0 aliphatic carbocycles. The first kappa shape index (κ1) is 19.9. The molecule has 1 aromatic heterocycles.